The van der Waals surface area contributed by atoms with E-state index >= 15 is 0 Å². The second-order valence-electron chi connectivity index (χ2n) is 1.57. The van der Waals surface area contributed by atoms with Crippen LogP contribution in [-0.4, -0.2) is 22.0 Å². The summed E-state index contributed by atoms with van der Waals surface area (Å²) in [5.41, 5.74) is 0.0810. The van der Waals surface area contributed by atoms with E-state index in [9.17, 15) is 9.59 Å². The summed E-state index contributed by atoms with van der Waals surface area (Å²) in [5, 5.41) is 0. The molecule has 0 saturated heterocycles. The van der Waals surface area contributed by atoms with Gasteiger partial charge in [-0.1, -0.05) is 0 Å². The van der Waals surface area contributed by atoms with Crippen molar-refractivity contribution in [2.45, 2.75) is 0 Å². The zero-order valence-electron chi connectivity index (χ0n) is 5.43. The van der Waals surface area contributed by atoms with E-state index in [1.165, 1.54) is 18.6 Å². The van der Waals surface area contributed by atoms with Crippen molar-refractivity contribution in [1.29, 1.82) is 0 Å². The predicted octanol–water partition coefficient (Wildman–Crippen LogP) is -0.142. The van der Waals surface area contributed by atoms with Crippen LogP contribution in [0.25, 0.3) is 0 Å². The first-order chi connectivity index (χ1) is 4.84. The van der Waals surface area contributed by atoms with Crippen molar-refractivity contribution in [1.82, 2.24) is 9.97 Å². The minimum Gasteiger partial charge on any atom is -0.294 e. The van der Waals surface area contributed by atoms with E-state index in [1.807, 2.05) is 0 Å². The molecule has 0 spiro atoms. The molecule has 0 aliphatic carbocycles. The number of hydrogen-bond acceptors (Lipinski definition) is 4. The van der Waals surface area contributed by atoms with E-state index in [4.69, 9.17) is 0 Å². The third kappa shape index (κ3) is 3.10. The number of aldehydes is 1. The normalized spacial score (nSPS) is 8.00. The van der Waals surface area contributed by atoms with Gasteiger partial charge in [-0.25, -0.2) is 4.98 Å². The third-order valence-corrected chi connectivity index (χ3v) is 0.923. The van der Waals surface area contributed by atoms with E-state index in [0.29, 0.717) is 0 Å². The van der Waals surface area contributed by atoms with Gasteiger partial charge in [0.15, 0.2) is 6.29 Å². The van der Waals surface area contributed by atoms with Crippen molar-refractivity contribution in [2.75, 3.05) is 0 Å². The topological polar surface area (TPSA) is 59.9 Å². The van der Waals surface area contributed by atoms with Gasteiger partial charge in [0.25, 0.3) is 0 Å². The molecule has 1 heterocycles. The van der Waals surface area contributed by atoms with Gasteiger partial charge in [0.1, 0.15) is 5.69 Å². The van der Waals surface area contributed by atoms with Gasteiger partial charge in [-0.3, -0.25) is 14.6 Å². The Kier molecular flexibility index (Phi) is 5.29. The average Bonchev–Trinajstić information content (AvgIpc) is 2.05. The van der Waals surface area contributed by atoms with E-state index in [-0.39, 0.29) is 52.4 Å². The zero-order valence-corrected chi connectivity index (χ0v) is 8.05. The monoisotopic (exact) mass is 288 g/mol. The van der Waals surface area contributed by atoms with E-state index < -0.39 is 5.78 Å². The van der Waals surface area contributed by atoms with Crippen LogP contribution in [0.5, 0.6) is 0 Å². The summed E-state index contributed by atoms with van der Waals surface area (Å²) in [7, 11) is 0. The SMILES string of the molecule is O=CC(=O)c1cnccn1.[Sm]. The molecule has 0 unspecified atom stereocenters. The smallest absolute Gasteiger partial charge is 0.245 e. The van der Waals surface area contributed by atoms with Gasteiger partial charge in [0.05, 0.1) is 6.20 Å². The number of hydrogen-bond donors (Lipinski definition) is 0. The number of aromatic nitrogens is 2. The van der Waals surface area contributed by atoms with Crippen LogP contribution in [-0.2, 0) is 4.79 Å². The van der Waals surface area contributed by atoms with E-state index in [0.717, 1.165) is 0 Å². The number of nitrogens with zero attached hydrogens (tertiary/aromatic N) is 2. The molecule has 0 bridgehead atoms. The van der Waals surface area contributed by atoms with Gasteiger partial charge in [0, 0.05) is 52.8 Å². The molecule has 0 fully saturated rings. The predicted molar refractivity (Wildman–Crippen MR) is 32.4 cm³/mol. The van der Waals surface area contributed by atoms with Crippen LogP contribution < -0.4 is 0 Å². The Balaban J connectivity index is 0.000001000. The van der Waals surface area contributed by atoms with E-state index in [2.05, 4.69) is 9.97 Å². The van der Waals surface area contributed by atoms with E-state index in [1.54, 1.807) is 0 Å². The Morgan fingerprint density at radius 2 is 2.18 bits per heavy atom. The average molecular weight is 286 g/mol. The molecule has 11 heavy (non-hydrogen) atoms. The number of carbonyl (C=O) groups is 2. The molecule has 0 aliphatic rings. The summed E-state index contributed by atoms with van der Waals surface area (Å²) in [6, 6.07) is 0. The molecule has 0 N–H and O–H groups in total. The van der Waals surface area contributed by atoms with Crippen LogP contribution in [0, 0.1) is 40.4 Å². The van der Waals surface area contributed by atoms with Gasteiger partial charge < -0.3 is 0 Å². The van der Waals surface area contributed by atoms with Crippen LogP contribution in [0.4, 0.5) is 0 Å². The molecule has 0 aliphatic heterocycles. The first kappa shape index (κ1) is 10.8. The first-order valence-electron chi connectivity index (χ1n) is 2.60. The molecule has 0 aromatic carbocycles. The quantitative estimate of drug-likeness (QED) is 0.431. The molecule has 5 heteroatoms. The summed E-state index contributed by atoms with van der Waals surface area (Å²) in [5.74, 6) is -0.645. The van der Waals surface area contributed by atoms with Gasteiger partial charge >= 0.3 is 0 Å². The molecule has 1 aromatic rings. The third-order valence-electron chi connectivity index (χ3n) is 0.923. The van der Waals surface area contributed by atoms with Gasteiger partial charge in [-0.2, -0.15) is 0 Å². The Morgan fingerprint density at radius 1 is 1.45 bits per heavy atom. The fourth-order valence-electron chi connectivity index (χ4n) is 0.487. The molecule has 56 valence electrons. The van der Waals surface area contributed by atoms with Crippen LogP contribution in [0.3, 0.4) is 0 Å². The molecule has 1 aromatic heterocycles. The van der Waals surface area contributed by atoms with Crippen LogP contribution in [0.2, 0.25) is 0 Å². The summed E-state index contributed by atoms with van der Waals surface area (Å²) in [6.07, 6.45) is 4.25. The maximum atomic E-state index is 10.5. The fourth-order valence-corrected chi connectivity index (χ4v) is 0.487. The summed E-state index contributed by atoms with van der Waals surface area (Å²) >= 11 is 0. The molecular weight excluding hydrogens is 282 g/mol. The molecule has 1 rings (SSSR count). The van der Waals surface area contributed by atoms with Crippen LogP contribution in [0.15, 0.2) is 18.6 Å². The maximum Gasteiger partial charge on any atom is 0.245 e. The zero-order chi connectivity index (χ0) is 7.40. The summed E-state index contributed by atoms with van der Waals surface area (Å²) < 4.78 is 0. The van der Waals surface area contributed by atoms with Crippen LogP contribution >= 0.6 is 0 Å². The number of rotatable bonds is 2. The molecule has 4 nitrogen and oxygen atoms in total. The Bertz CT molecular complexity index is 250. The standard InChI is InChI=1S/C6H4N2O2.Sm/c9-4-6(10)5-3-7-1-2-8-5;/h1-4H;. The Morgan fingerprint density at radius 3 is 2.64 bits per heavy atom. The molecule has 0 saturated carbocycles. The summed E-state index contributed by atoms with van der Waals surface area (Å²) in [4.78, 5) is 27.6. The van der Waals surface area contributed by atoms with Crippen molar-refractivity contribution < 1.29 is 50.0 Å². The van der Waals surface area contributed by atoms with Crippen molar-refractivity contribution >= 4 is 12.1 Å². The molecule has 0 amide bonds. The van der Waals surface area contributed by atoms with Crippen molar-refractivity contribution in [3.05, 3.63) is 24.3 Å². The van der Waals surface area contributed by atoms with Crippen molar-refractivity contribution in [3.63, 3.8) is 0 Å². The molecular formula is C6H4N2O2Sm. The number of Topliss-reactive ketones (excluding diaryl/α,β-unsaturated/α-hetero) is 1. The largest absolute Gasteiger partial charge is 0.294 e. The summed E-state index contributed by atoms with van der Waals surface area (Å²) in [6.45, 7) is 0. The first-order valence-corrected chi connectivity index (χ1v) is 2.60. The molecule has 0 radical (unpaired) electrons. The fraction of sp³-hybridized carbons (Fsp3) is 0. The molecule has 0 atom stereocenters. The Hall–Kier alpha value is -0.242. The minimum atomic E-state index is -0.645. The Labute approximate surface area is 95.5 Å². The van der Waals surface area contributed by atoms with Gasteiger partial charge in [0.2, 0.25) is 5.78 Å². The number of carbonyl (C=O) groups excluding carboxylic acids is 2. The maximum absolute atomic E-state index is 10.5. The van der Waals surface area contributed by atoms with Crippen LogP contribution in [0.1, 0.15) is 10.5 Å². The second kappa shape index (κ2) is 5.41. The number of ketones is 1. The second-order valence-corrected chi connectivity index (χ2v) is 1.57. The van der Waals surface area contributed by atoms with Crippen molar-refractivity contribution in [3.8, 4) is 0 Å². The van der Waals surface area contributed by atoms with Gasteiger partial charge in [-0.05, 0) is 0 Å². The van der Waals surface area contributed by atoms with Gasteiger partial charge in [-0.15, -0.1) is 0 Å². The minimum absolute atomic E-state index is 0. The van der Waals surface area contributed by atoms with Crippen molar-refractivity contribution in [2.24, 2.45) is 0 Å².